The molecule has 0 radical (unpaired) electrons. The Hall–Kier alpha value is -7.44. The lowest BCUT2D eigenvalue weighted by atomic mass is 9.96. The summed E-state index contributed by atoms with van der Waals surface area (Å²) in [6, 6.07) is 31.6. The van der Waals surface area contributed by atoms with Crippen molar-refractivity contribution in [3.05, 3.63) is 202 Å². The summed E-state index contributed by atoms with van der Waals surface area (Å²) in [5, 5.41) is 5.06. The number of carbonyl (C=O) groups is 2. The van der Waals surface area contributed by atoms with Crippen LogP contribution in [0.3, 0.4) is 0 Å². The van der Waals surface area contributed by atoms with Crippen molar-refractivity contribution >= 4 is 12.2 Å². The van der Waals surface area contributed by atoms with Crippen molar-refractivity contribution in [1.29, 1.82) is 0 Å². The molecule has 2 fully saturated rings. The molecule has 2 amide bonds. The first-order valence-corrected chi connectivity index (χ1v) is 17.1. The highest BCUT2D eigenvalue weighted by Gasteiger charge is 2.41. The van der Waals surface area contributed by atoms with Crippen LogP contribution in [0, 0.1) is 47.2 Å². The molecule has 2 aromatic heterocycles. The van der Waals surface area contributed by atoms with Crippen molar-refractivity contribution in [1.82, 2.24) is 20.6 Å². The summed E-state index contributed by atoms with van der Waals surface area (Å²) in [7, 11) is 0. The standard InChI is InChI=1S/2C22H14F2N2O2/c2*23-18-9-5-4-8-16(18)20-19(26-22(27)28-20)17-12-15(13-25-21(17)24)11-10-14-6-2-1-3-7-14/h2*1-9,12-13,19-20H,(H,26,27)/t2*19-,20-/m10/s1. The molecule has 4 aromatic carbocycles. The zero-order valence-corrected chi connectivity index (χ0v) is 29.1. The van der Waals surface area contributed by atoms with E-state index in [0.29, 0.717) is 11.1 Å². The van der Waals surface area contributed by atoms with Crippen LogP contribution in [0.2, 0.25) is 0 Å². The molecule has 12 heteroatoms. The van der Waals surface area contributed by atoms with Gasteiger partial charge in [0.15, 0.2) is 12.2 Å². The van der Waals surface area contributed by atoms with Gasteiger partial charge in [0, 0.05) is 56.9 Å². The average Bonchev–Trinajstić information content (AvgIpc) is 3.80. The average molecular weight is 753 g/mol. The summed E-state index contributed by atoms with van der Waals surface area (Å²) < 4.78 is 67.7. The molecular formula is C44H28F4N4O4. The Balaban J connectivity index is 0.000000172. The maximum absolute atomic E-state index is 14.4. The Morgan fingerprint density at radius 2 is 0.821 bits per heavy atom. The number of hydrogen-bond acceptors (Lipinski definition) is 6. The summed E-state index contributed by atoms with van der Waals surface area (Å²) in [6.45, 7) is 0. The number of hydrogen-bond donors (Lipinski definition) is 2. The third-order valence-corrected chi connectivity index (χ3v) is 8.70. The van der Waals surface area contributed by atoms with Gasteiger partial charge in [-0.1, -0.05) is 96.5 Å². The number of amides is 2. The summed E-state index contributed by atoms with van der Waals surface area (Å²) in [5.74, 6) is 9.15. The zero-order chi connectivity index (χ0) is 39.0. The van der Waals surface area contributed by atoms with Crippen molar-refractivity contribution in [3.63, 3.8) is 0 Å². The Morgan fingerprint density at radius 3 is 1.21 bits per heavy atom. The number of aromatic nitrogens is 2. The summed E-state index contributed by atoms with van der Waals surface area (Å²) in [5.41, 5.74) is 3.02. The van der Waals surface area contributed by atoms with Crippen LogP contribution in [-0.4, -0.2) is 22.2 Å². The Bertz CT molecular complexity index is 2360. The van der Waals surface area contributed by atoms with Crippen molar-refractivity contribution in [2.75, 3.05) is 0 Å². The van der Waals surface area contributed by atoms with Gasteiger partial charge in [-0.15, -0.1) is 0 Å². The fourth-order valence-electron chi connectivity index (χ4n) is 6.05. The smallest absolute Gasteiger partial charge is 0.408 e. The van der Waals surface area contributed by atoms with Crippen molar-refractivity contribution in [3.8, 4) is 23.7 Å². The fraction of sp³-hybridized carbons (Fsp3) is 0.0909. The molecule has 8 rings (SSSR count). The zero-order valence-electron chi connectivity index (χ0n) is 29.1. The van der Waals surface area contributed by atoms with Crippen LogP contribution in [0.4, 0.5) is 27.2 Å². The minimum Gasteiger partial charge on any atom is -0.439 e. The summed E-state index contributed by atoms with van der Waals surface area (Å²) >= 11 is 0. The van der Waals surface area contributed by atoms with Gasteiger partial charge in [-0.25, -0.2) is 28.3 Å². The highest BCUT2D eigenvalue weighted by atomic mass is 19.1. The molecule has 56 heavy (non-hydrogen) atoms. The van der Waals surface area contributed by atoms with Crippen LogP contribution >= 0.6 is 0 Å². The molecule has 0 spiro atoms. The second-order valence-corrected chi connectivity index (χ2v) is 12.4. The molecule has 0 bridgehead atoms. The molecule has 276 valence electrons. The lowest BCUT2D eigenvalue weighted by Crippen LogP contribution is -2.21. The number of benzene rings is 4. The van der Waals surface area contributed by atoms with Gasteiger partial charge in [-0.2, -0.15) is 8.78 Å². The lowest BCUT2D eigenvalue weighted by Gasteiger charge is -2.18. The van der Waals surface area contributed by atoms with Crippen molar-refractivity contribution in [2.24, 2.45) is 0 Å². The number of nitrogens with one attached hydrogen (secondary N) is 2. The second kappa shape index (κ2) is 16.7. The van der Waals surface area contributed by atoms with Gasteiger partial charge < -0.3 is 20.1 Å². The van der Waals surface area contributed by atoms with Gasteiger partial charge in [0.25, 0.3) is 0 Å². The van der Waals surface area contributed by atoms with Gasteiger partial charge in [0.05, 0.1) is 0 Å². The Labute approximate surface area is 318 Å². The maximum atomic E-state index is 14.4. The van der Waals surface area contributed by atoms with E-state index in [0.717, 1.165) is 11.1 Å². The van der Waals surface area contributed by atoms with Crippen molar-refractivity contribution < 1.29 is 36.6 Å². The van der Waals surface area contributed by atoms with E-state index in [1.165, 1.54) is 60.9 Å². The third-order valence-electron chi connectivity index (χ3n) is 8.70. The quantitative estimate of drug-likeness (QED) is 0.106. The molecule has 2 aliphatic heterocycles. The molecule has 2 aliphatic rings. The first-order valence-electron chi connectivity index (χ1n) is 17.1. The molecule has 8 nitrogen and oxygen atoms in total. The monoisotopic (exact) mass is 752 g/mol. The Kier molecular flexibility index (Phi) is 11.0. The van der Waals surface area contributed by atoms with E-state index in [9.17, 15) is 27.2 Å². The minimum atomic E-state index is -1.01. The highest BCUT2D eigenvalue weighted by molar-refractivity contribution is 5.72. The number of carbonyl (C=O) groups excluding carboxylic acids is 2. The first kappa shape index (κ1) is 36.9. The van der Waals surface area contributed by atoms with Gasteiger partial charge in [0.2, 0.25) is 11.9 Å². The number of halogens is 4. The van der Waals surface area contributed by atoms with Crippen molar-refractivity contribution in [2.45, 2.75) is 24.3 Å². The molecule has 2 saturated heterocycles. The number of pyridine rings is 2. The molecular weight excluding hydrogens is 724 g/mol. The second-order valence-electron chi connectivity index (χ2n) is 12.4. The third kappa shape index (κ3) is 8.51. The van der Waals surface area contributed by atoms with Gasteiger partial charge in [-0.05, 0) is 48.5 Å². The molecule has 6 aromatic rings. The van der Waals surface area contributed by atoms with E-state index in [4.69, 9.17) is 9.47 Å². The Morgan fingerprint density at radius 1 is 0.464 bits per heavy atom. The molecule has 4 atom stereocenters. The molecule has 2 N–H and O–H groups in total. The van der Waals surface area contributed by atoms with E-state index in [2.05, 4.69) is 44.3 Å². The van der Waals surface area contributed by atoms with Gasteiger partial charge in [0.1, 0.15) is 23.7 Å². The van der Waals surface area contributed by atoms with Crippen LogP contribution in [0.5, 0.6) is 0 Å². The van der Waals surface area contributed by atoms with Gasteiger partial charge in [-0.3, -0.25) is 0 Å². The number of cyclic esters (lactones) is 2. The highest BCUT2D eigenvalue weighted by Crippen LogP contribution is 2.40. The predicted molar refractivity (Wildman–Crippen MR) is 196 cm³/mol. The summed E-state index contributed by atoms with van der Waals surface area (Å²) in [4.78, 5) is 31.1. The largest absolute Gasteiger partial charge is 0.439 e. The molecule has 0 saturated carbocycles. The SMILES string of the molecule is O=C1N[C@@H](c2cc(C#Cc3ccccc3)cnc2F)[C@H](c2ccccc2F)O1.O=C1N[C@H](c2cc(C#Cc3ccccc3)cnc2F)[C@@H](c2ccccc2F)O1. The van der Waals surface area contributed by atoms with E-state index in [-0.39, 0.29) is 22.3 Å². The maximum Gasteiger partial charge on any atom is 0.408 e. The number of nitrogens with zero attached hydrogens (tertiary/aromatic N) is 2. The van der Waals surface area contributed by atoms with Crippen LogP contribution < -0.4 is 10.6 Å². The van der Waals surface area contributed by atoms with E-state index < -0.39 is 60.0 Å². The molecule has 0 unspecified atom stereocenters. The van der Waals surface area contributed by atoms with Gasteiger partial charge >= 0.3 is 12.2 Å². The first-order chi connectivity index (χ1) is 27.2. The predicted octanol–water partition coefficient (Wildman–Crippen LogP) is 8.56. The topological polar surface area (TPSA) is 102 Å². The van der Waals surface area contributed by atoms with Crippen LogP contribution in [0.1, 0.15) is 68.8 Å². The number of rotatable bonds is 4. The van der Waals surface area contributed by atoms with Crippen LogP contribution in [-0.2, 0) is 9.47 Å². The minimum absolute atomic E-state index is 0.0824. The normalized spacial score (nSPS) is 18.0. The number of alkyl carbamates (subject to hydrolysis) is 2. The van der Waals surface area contributed by atoms with E-state index >= 15 is 0 Å². The van der Waals surface area contributed by atoms with E-state index in [1.54, 1.807) is 12.1 Å². The van der Waals surface area contributed by atoms with E-state index in [1.807, 2.05) is 60.7 Å². The van der Waals surface area contributed by atoms with Crippen LogP contribution in [0.15, 0.2) is 134 Å². The number of ether oxygens (including phenoxy) is 2. The molecule has 0 aliphatic carbocycles. The fourth-order valence-corrected chi connectivity index (χ4v) is 6.05. The summed E-state index contributed by atoms with van der Waals surface area (Å²) in [6.07, 6.45) is -0.906. The lowest BCUT2D eigenvalue weighted by molar-refractivity contribution is 0.128. The molecule has 4 heterocycles. The van der Waals surface area contributed by atoms with Crippen LogP contribution in [0.25, 0.3) is 0 Å².